The highest BCUT2D eigenvalue weighted by molar-refractivity contribution is 7.09. The minimum absolute atomic E-state index is 0.319. The predicted octanol–water partition coefficient (Wildman–Crippen LogP) is 2.94. The van der Waals surface area contributed by atoms with Crippen LogP contribution in [0.5, 0.6) is 0 Å². The molecule has 0 atom stereocenters. The van der Waals surface area contributed by atoms with Gasteiger partial charge in [-0.1, -0.05) is 37.3 Å². The lowest BCUT2D eigenvalue weighted by Crippen LogP contribution is -2.47. The second-order valence-electron chi connectivity index (χ2n) is 5.40. The van der Waals surface area contributed by atoms with Gasteiger partial charge in [0.25, 0.3) is 0 Å². The van der Waals surface area contributed by atoms with Crippen LogP contribution in [0.25, 0.3) is 11.3 Å². The van der Waals surface area contributed by atoms with E-state index in [2.05, 4.69) is 34.7 Å². The van der Waals surface area contributed by atoms with E-state index in [1.807, 2.05) is 18.2 Å². The summed E-state index contributed by atoms with van der Waals surface area (Å²) >= 11 is 1.72. The largest absolute Gasteiger partial charge is 0.380 e. The lowest BCUT2D eigenvalue weighted by molar-refractivity contribution is -0.0991. The molecule has 0 aliphatic carbocycles. The predicted molar refractivity (Wildman–Crippen MR) is 78.2 cm³/mol. The first kappa shape index (κ1) is 12.8. The Bertz CT molecular complexity index is 534. The van der Waals surface area contributed by atoms with Crippen molar-refractivity contribution in [3.63, 3.8) is 0 Å². The van der Waals surface area contributed by atoms with Gasteiger partial charge in [0.1, 0.15) is 5.01 Å². The van der Waals surface area contributed by atoms with Crippen LogP contribution in [-0.2, 0) is 11.3 Å². The summed E-state index contributed by atoms with van der Waals surface area (Å²) in [7, 11) is 0. The fourth-order valence-electron chi connectivity index (χ4n) is 2.16. The molecular weight excluding hydrogens is 256 g/mol. The standard InChI is InChI=1S/C15H18N2OS/c1-15(10-18-11-15)9-16-7-14-17-13(8-19-14)12-5-3-2-4-6-12/h2-6,8,16H,7,9-11H2,1H3. The fraction of sp³-hybridized carbons (Fsp3) is 0.400. The Morgan fingerprint density at radius 1 is 1.32 bits per heavy atom. The van der Waals surface area contributed by atoms with Gasteiger partial charge in [-0.15, -0.1) is 11.3 Å². The van der Waals surface area contributed by atoms with Crippen molar-refractivity contribution in [2.45, 2.75) is 13.5 Å². The van der Waals surface area contributed by atoms with Gasteiger partial charge >= 0.3 is 0 Å². The molecule has 1 saturated heterocycles. The molecule has 1 fully saturated rings. The van der Waals surface area contributed by atoms with Crippen molar-refractivity contribution >= 4 is 11.3 Å². The number of aromatic nitrogens is 1. The summed E-state index contributed by atoms with van der Waals surface area (Å²) in [5.74, 6) is 0. The number of rotatable bonds is 5. The Labute approximate surface area is 117 Å². The zero-order valence-corrected chi connectivity index (χ0v) is 11.9. The highest BCUT2D eigenvalue weighted by Gasteiger charge is 2.32. The van der Waals surface area contributed by atoms with Gasteiger partial charge in [-0.05, 0) is 0 Å². The minimum atomic E-state index is 0.319. The molecule has 1 aliphatic rings. The van der Waals surface area contributed by atoms with E-state index < -0.39 is 0 Å². The second kappa shape index (κ2) is 5.41. The molecule has 0 amide bonds. The van der Waals surface area contributed by atoms with Crippen molar-refractivity contribution in [2.75, 3.05) is 19.8 Å². The van der Waals surface area contributed by atoms with E-state index in [9.17, 15) is 0 Å². The molecule has 0 spiro atoms. The molecule has 3 nitrogen and oxygen atoms in total. The summed E-state index contributed by atoms with van der Waals surface area (Å²) in [4.78, 5) is 4.67. The van der Waals surface area contributed by atoms with Crippen molar-refractivity contribution < 1.29 is 4.74 Å². The van der Waals surface area contributed by atoms with Crippen LogP contribution in [-0.4, -0.2) is 24.7 Å². The topological polar surface area (TPSA) is 34.2 Å². The summed E-state index contributed by atoms with van der Waals surface area (Å²) < 4.78 is 5.25. The number of benzene rings is 1. The van der Waals surface area contributed by atoms with Gasteiger partial charge in [0.2, 0.25) is 0 Å². The molecule has 1 aromatic heterocycles. The van der Waals surface area contributed by atoms with Crippen molar-refractivity contribution in [1.29, 1.82) is 0 Å². The van der Waals surface area contributed by atoms with Crippen LogP contribution in [0, 0.1) is 5.41 Å². The van der Waals surface area contributed by atoms with Crippen LogP contribution in [0.15, 0.2) is 35.7 Å². The maximum absolute atomic E-state index is 5.25. The Balaban J connectivity index is 1.56. The first-order valence-corrected chi connectivity index (χ1v) is 7.41. The van der Waals surface area contributed by atoms with Crippen molar-refractivity contribution in [2.24, 2.45) is 5.41 Å². The van der Waals surface area contributed by atoms with Crippen molar-refractivity contribution in [3.05, 3.63) is 40.7 Å². The van der Waals surface area contributed by atoms with Crippen LogP contribution in [0.3, 0.4) is 0 Å². The number of hydrogen-bond acceptors (Lipinski definition) is 4. The lowest BCUT2D eigenvalue weighted by Gasteiger charge is -2.38. The average Bonchev–Trinajstić information content (AvgIpc) is 2.87. The molecule has 0 radical (unpaired) electrons. The first-order chi connectivity index (χ1) is 9.25. The summed E-state index contributed by atoms with van der Waals surface area (Å²) in [6.07, 6.45) is 0. The summed E-state index contributed by atoms with van der Waals surface area (Å²) in [5.41, 5.74) is 2.57. The van der Waals surface area contributed by atoms with Crippen LogP contribution < -0.4 is 5.32 Å². The van der Waals surface area contributed by atoms with Crippen LogP contribution in [0.4, 0.5) is 0 Å². The van der Waals surface area contributed by atoms with Gasteiger partial charge in [-0.25, -0.2) is 4.98 Å². The van der Waals surface area contributed by atoms with E-state index in [-0.39, 0.29) is 0 Å². The lowest BCUT2D eigenvalue weighted by atomic mass is 9.89. The molecule has 2 heterocycles. The van der Waals surface area contributed by atoms with E-state index in [1.165, 1.54) is 5.56 Å². The second-order valence-corrected chi connectivity index (χ2v) is 6.34. The Morgan fingerprint density at radius 3 is 2.79 bits per heavy atom. The van der Waals surface area contributed by atoms with E-state index in [0.717, 1.165) is 37.0 Å². The fourth-order valence-corrected chi connectivity index (χ4v) is 2.93. The van der Waals surface area contributed by atoms with Crippen LogP contribution in [0.1, 0.15) is 11.9 Å². The quantitative estimate of drug-likeness (QED) is 0.910. The third-order valence-corrected chi connectivity index (χ3v) is 4.20. The SMILES string of the molecule is CC1(CNCc2nc(-c3ccccc3)cs2)COC1. The molecule has 0 unspecified atom stereocenters. The van der Waals surface area contributed by atoms with E-state index in [0.29, 0.717) is 5.41 Å². The smallest absolute Gasteiger partial charge is 0.107 e. The monoisotopic (exact) mass is 274 g/mol. The molecule has 19 heavy (non-hydrogen) atoms. The van der Waals surface area contributed by atoms with Gasteiger partial charge in [-0.3, -0.25) is 0 Å². The van der Waals surface area contributed by atoms with Crippen LogP contribution >= 0.6 is 11.3 Å². The van der Waals surface area contributed by atoms with Crippen molar-refractivity contribution in [3.8, 4) is 11.3 Å². The van der Waals surface area contributed by atoms with Gasteiger partial charge in [0, 0.05) is 29.4 Å². The third kappa shape index (κ3) is 3.03. The van der Waals surface area contributed by atoms with E-state index in [4.69, 9.17) is 4.74 Å². The number of ether oxygens (including phenoxy) is 1. The number of thiazole rings is 1. The normalized spacial score (nSPS) is 17.1. The molecule has 4 heteroatoms. The maximum atomic E-state index is 5.25. The first-order valence-electron chi connectivity index (χ1n) is 6.54. The molecule has 1 aliphatic heterocycles. The molecule has 0 saturated carbocycles. The molecule has 0 bridgehead atoms. The van der Waals surface area contributed by atoms with E-state index >= 15 is 0 Å². The highest BCUT2D eigenvalue weighted by atomic mass is 32.1. The van der Waals surface area contributed by atoms with Gasteiger partial charge in [-0.2, -0.15) is 0 Å². The maximum Gasteiger partial charge on any atom is 0.107 e. The summed E-state index contributed by atoms with van der Waals surface area (Å²) in [6.45, 7) is 5.82. The van der Waals surface area contributed by atoms with Gasteiger partial charge in [0.05, 0.1) is 18.9 Å². The van der Waals surface area contributed by atoms with Gasteiger partial charge < -0.3 is 10.1 Å². The minimum Gasteiger partial charge on any atom is -0.380 e. The van der Waals surface area contributed by atoms with Crippen molar-refractivity contribution in [1.82, 2.24) is 10.3 Å². The zero-order valence-electron chi connectivity index (χ0n) is 11.1. The Hall–Kier alpha value is -1.23. The average molecular weight is 274 g/mol. The molecule has 2 aromatic rings. The third-order valence-electron chi connectivity index (χ3n) is 3.35. The summed E-state index contributed by atoms with van der Waals surface area (Å²) in [5, 5.41) is 6.74. The molecule has 1 N–H and O–H groups in total. The zero-order chi connectivity index (χ0) is 13.1. The number of hydrogen-bond donors (Lipinski definition) is 1. The summed E-state index contributed by atoms with van der Waals surface area (Å²) in [6, 6.07) is 10.3. The van der Waals surface area contributed by atoms with Crippen LogP contribution in [0.2, 0.25) is 0 Å². The Kier molecular flexibility index (Phi) is 3.64. The number of nitrogens with zero attached hydrogens (tertiary/aromatic N) is 1. The molecule has 100 valence electrons. The highest BCUT2D eigenvalue weighted by Crippen LogP contribution is 2.25. The molecule has 1 aromatic carbocycles. The molecule has 3 rings (SSSR count). The van der Waals surface area contributed by atoms with E-state index in [1.54, 1.807) is 11.3 Å². The van der Waals surface area contributed by atoms with Gasteiger partial charge in [0.15, 0.2) is 0 Å². The number of nitrogens with one attached hydrogen (secondary N) is 1. The molecular formula is C15H18N2OS. The Morgan fingerprint density at radius 2 is 2.11 bits per heavy atom.